The minimum Gasteiger partial charge on any atom is -0.490 e. The van der Waals surface area contributed by atoms with Gasteiger partial charge in [-0.1, -0.05) is 6.07 Å². The van der Waals surface area contributed by atoms with Crippen LogP contribution in [-0.4, -0.2) is 54.9 Å². The molecule has 1 N–H and O–H groups in total. The highest BCUT2D eigenvalue weighted by molar-refractivity contribution is 7.12. The molecule has 1 aliphatic heterocycles. The van der Waals surface area contributed by atoms with Crippen LogP contribution in [-0.2, 0) is 0 Å². The second-order valence-corrected chi connectivity index (χ2v) is 8.35. The molecule has 170 valence electrons. The summed E-state index contributed by atoms with van der Waals surface area (Å²) in [7, 11) is 1.34. The number of nitrogens with zero attached hydrogens (tertiary/aromatic N) is 3. The molecule has 10 heteroatoms. The number of rotatable bonds is 6. The molecule has 1 aromatic heterocycles. The number of piperazine rings is 1. The minimum absolute atomic E-state index is 0.0708. The Morgan fingerprint density at radius 2 is 1.79 bits per heavy atom. The van der Waals surface area contributed by atoms with Gasteiger partial charge >= 0.3 is 5.69 Å². The summed E-state index contributed by atoms with van der Waals surface area (Å²) >= 11 is 1.45. The summed E-state index contributed by atoms with van der Waals surface area (Å²) < 4.78 is 4.97. The molecule has 4 rings (SSSR count). The first-order chi connectivity index (χ1) is 16.0. The Morgan fingerprint density at radius 3 is 2.39 bits per heavy atom. The van der Waals surface area contributed by atoms with Gasteiger partial charge in [0, 0.05) is 49.2 Å². The van der Waals surface area contributed by atoms with Crippen LogP contribution in [0.15, 0.2) is 60.0 Å². The highest BCUT2D eigenvalue weighted by Crippen LogP contribution is 2.28. The lowest BCUT2D eigenvalue weighted by Gasteiger charge is -2.36. The fourth-order valence-corrected chi connectivity index (χ4v) is 4.35. The summed E-state index contributed by atoms with van der Waals surface area (Å²) in [6.07, 6.45) is 0. The van der Waals surface area contributed by atoms with Crippen molar-refractivity contribution in [2.24, 2.45) is 0 Å². The van der Waals surface area contributed by atoms with Crippen LogP contribution in [0.1, 0.15) is 20.0 Å². The normalized spacial score (nSPS) is 13.5. The molecule has 0 atom stereocenters. The van der Waals surface area contributed by atoms with Crippen LogP contribution in [0.3, 0.4) is 0 Å². The fourth-order valence-electron chi connectivity index (χ4n) is 3.66. The molecule has 1 fully saturated rings. The summed E-state index contributed by atoms with van der Waals surface area (Å²) in [5, 5.41) is 15.8. The number of ether oxygens (including phenoxy) is 1. The van der Waals surface area contributed by atoms with E-state index in [-0.39, 0.29) is 22.9 Å². The van der Waals surface area contributed by atoms with Gasteiger partial charge in [-0.05, 0) is 47.8 Å². The number of thiophene rings is 1. The number of anilines is 2. The van der Waals surface area contributed by atoms with Crippen LogP contribution >= 0.6 is 11.3 Å². The number of nitrogens with one attached hydrogen (secondary N) is 1. The third-order valence-electron chi connectivity index (χ3n) is 5.43. The molecule has 9 nitrogen and oxygen atoms in total. The van der Waals surface area contributed by atoms with Gasteiger partial charge in [-0.3, -0.25) is 19.7 Å². The van der Waals surface area contributed by atoms with Crippen LogP contribution in [0.5, 0.6) is 5.75 Å². The monoisotopic (exact) mass is 466 g/mol. The number of carbonyl (C=O) groups is 2. The maximum Gasteiger partial charge on any atom is 0.311 e. The van der Waals surface area contributed by atoms with Crippen molar-refractivity contribution in [3.05, 3.63) is 80.5 Å². The maximum atomic E-state index is 12.6. The lowest BCUT2D eigenvalue weighted by Crippen LogP contribution is -2.48. The van der Waals surface area contributed by atoms with E-state index in [0.717, 1.165) is 23.7 Å². The number of hydrogen-bond acceptors (Lipinski definition) is 7. The molecule has 2 heterocycles. The Labute approximate surface area is 194 Å². The highest BCUT2D eigenvalue weighted by atomic mass is 32.1. The zero-order valence-electron chi connectivity index (χ0n) is 17.9. The molecule has 3 aromatic rings. The van der Waals surface area contributed by atoms with Crippen molar-refractivity contribution in [1.29, 1.82) is 0 Å². The van der Waals surface area contributed by atoms with Crippen molar-refractivity contribution in [1.82, 2.24) is 4.90 Å². The van der Waals surface area contributed by atoms with Gasteiger partial charge in [0.2, 0.25) is 0 Å². The SMILES string of the molecule is COc1ccc(C(=O)Nc2ccc(N3CCN(C(=O)c4cccs4)CC3)cc2)cc1[N+](=O)[O-]. The van der Waals surface area contributed by atoms with Crippen LogP contribution in [0.2, 0.25) is 0 Å². The zero-order valence-corrected chi connectivity index (χ0v) is 18.7. The zero-order chi connectivity index (χ0) is 23.4. The predicted octanol–water partition coefficient (Wildman–Crippen LogP) is 3.88. The van der Waals surface area contributed by atoms with Crippen molar-refractivity contribution >= 4 is 40.2 Å². The van der Waals surface area contributed by atoms with E-state index in [9.17, 15) is 19.7 Å². The van der Waals surface area contributed by atoms with Gasteiger partial charge in [0.05, 0.1) is 16.9 Å². The molecule has 0 bridgehead atoms. The molecular weight excluding hydrogens is 444 g/mol. The molecule has 0 saturated carbocycles. The van der Waals surface area contributed by atoms with E-state index >= 15 is 0 Å². The van der Waals surface area contributed by atoms with Crippen LogP contribution in [0.25, 0.3) is 0 Å². The van der Waals surface area contributed by atoms with Crippen molar-refractivity contribution in [2.45, 2.75) is 0 Å². The summed E-state index contributed by atoms with van der Waals surface area (Å²) in [5.41, 5.74) is 1.47. The lowest BCUT2D eigenvalue weighted by atomic mass is 10.1. The lowest BCUT2D eigenvalue weighted by molar-refractivity contribution is -0.385. The summed E-state index contributed by atoms with van der Waals surface area (Å²) in [5.74, 6) is -0.284. The number of nitro groups is 1. The first kappa shape index (κ1) is 22.3. The number of benzene rings is 2. The van der Waals surface area contributed by atoms with E-state index in [1.807, 2.05) is 34.5 Å². The van der Waals surface area contributed by atoms with Gasteiger partial charge in [0.25, 0.3) is 11.8 Å². The molecule has 0 radical (unpaired) electrons. The summed E-state index contributed by atoms with van der Waals surface area (Å²) in [4.78, 5) is 40.5. The number of carbonyl (C=O) groups excluding carboxylic acids is 2. The average molecular weight is 467 g/mol. The summed E-state index contributed by atoms with van der Waals surface area (Å²) in [6.45, 7) is 2.73. The van der Waals surface area contributed by atoms with Crippen LogP contribution in [0.4, 0.5) is 17.1 Å². The predicted molar refractivity (Wildman–Crippen MR) is 126 cm³/mol. The molecule has 0 aliphatic carbocycles. The molecular formula is C23H22N4O5S. The Balaban J connectivity index is 1.36. The molecule has 0 spiro atoms. The van der Waals surface area contributed by atoms with E-state index in [4.69, 9.17) is 4.74 Å². The molecule has 33 heavy (non-hydrogen) atoms. The van der Waals surface area contributed by atoms with Gasteiger partial charge < -0.3 is 19.9 Å². The van der Waals surface area contributed by atoms with Crippen molar-refractivity contribution in [3.63, 3.8) is 0 Å². The van der Waals surface area contributed by atoms with E-state index < -0.39 is 10.8 Å². The second-order valence-electron chi connectivity index (χ2n) is 7.40. The van der Waals surface area contributed by atoms with Crippen LogP contribution in [0, 0.1) is 10.1 Å². The Bertz CT molecular complexity index is 1160. The highest BCUT2D eigenvalue weighted by Gasteiger charge is 2.23. The van der Waals surface area contributed by atoms with Crippen molar-refractivity contribution in [3.8, 4) is 5.75 Å². The molecule has 0 unspecified atom stereocenters. The smallest absolute Gasteiger partial charge is 0.311 e. The van der Waals surface area contributed by atoms with Gasteiger partial charge in [0.1, 0.15) is 0 Å². The second kappa shape index (κ2) is 9.70. The number of hydrogen-bond donors (Lipinski definition) is 1. The van der Waals surface area contributed by atoms with Crippen molar-refractivity contribution < 1.29 is 19.2 Å². The topological polar surface area (TPSA) is 105 Å². The van der Waals surface area contributed by atoms with Gasteiger partial charge in [-0.15, -0.1) is 11.3 Å². The van der Waals surface area contributed by atoms with Gasteiger partial charge in [-0.25, -0.2) is 0 Å². The number of methoxy groups -OCH3 is 1. The first-order valence-corrected chi connectivity index (χ1v) is 11.2. The minimum atomic E-state index is -0.585. The van der Waals surface area contributed by atoms with E-state index in [0.29, 0.717) is 18.8 Å². The molecule has 2 aromatic carbocycles. The Morgan fingerprint density at radius 1 is 1.06 bits per heavy atom. The first-order valence-electron chi connectivity index (χ1n) is 10.3. The number of amides is 2. The standard InChI is InChI=1S/C23H22N4O5S/c1-32-20-9-4-16(15-19(20)27(30)31)22(28)24-17-5-7-18(8-6-17)25-10-12-26(13-11-25)23(29)21-3-2-14-33-21/h2-9,14-15H,10-13H2,1H3,(H,24,28). The number of nitro benzene ring substituents is 1. The van der Waals surface area contributed by atoms with Gasteiger partial charge in [-0.2, -0.15) is 0 Å². The summed E-state index contributed by atoms with van der Waals surface area (Å²) in [6, 6.07) is 15.2. The quantitative estimate of drug-likeness (QED) is 0.437. The maximum absolute atomic E-state index is 12.6. The molecule has 1 aliphatic rings. The molecule has 1 saturated heterocycles. The Hall–Kier alpha value is -3.92. The van der Waals surface area contributed by atoms with E-state index in [2.05, 4.69) is 10.2 Å². The third kappa shape index (κ3) is 4.96. The van der Waals surface area contributed by atoms with Crippen molar-refractivity contribution in [2.75, 3.05) is 43.5 Å². The molecule has 2 amide bonds. The van der Waals surface area contributed by atoms with E-state index in [1.54, 1.807) is 12.1 Å². The average Bonchev–Trinajstić information content (AvgIpc) is 3.39. The van der Waals surface area contributed by atoms with Gasteiger partial charge in [0.15, 0.2) is 5.75 Å². The largest absolute Gasteiger partial charge is 0.490 e. The van der Waals surface area contributed by atoms with Crippen LogP contribution < -0.4 is 15.0 Å². The fraction of sp³-hybridized carbons (Fsp3) is 0.217. The van der Waals surface area contributed by atoms with E-state index in [1.165, 1.54) is 36.6 Å². The third-order valence-corrected chi connectivity index (χ3v) is 6.28. The Kier molecular flexibility index (Phi) is 6.55.